The Hall–Kier alpha value is -2.54. The van der Waals surface area contributed by atoms with Crippen molar-refractivity contribution in [3.63, 3.8) is 0 Å². The molecule has 1 unspecified atom stereocenters. The number of piperazine rings is 1. The maximum Gasteiger partial charge on any atom is 0.416 e. The number of H-pyrrole nitrogens is 1. The van der Waals surface area contributed by atoms with Crippen LogP contribution in [0.2, 0.25) is 5.02 Å². The molecule has 0 radical (unpaired) electrons. The van der Waals surface area contributed by atoms with E-state index in [0.717, 1.165) is 17.6 Å². The highest BCUT2D eigenvalue weighted by atomic mass is 35.5. The Kier molecular flexibility index (Phi) is 7.51. The molecule has 1 amide bonds. The van der Waals surface area contributed by atoms with Gasteiger partial charge in [-0.2, -0.15) is 13.2 Å². The number of nitrogens with one attached hydrogen (secondary N) is 1. The lowest BCUT2D eigenvalue weighted by Crippen LogP contribution is -2.49. The molecule has 2 aromatic carbocycles. The average Bonchev–Trinajstić information content (AvgIpc) is 3.28. The molecule has 1 aliphatic rings. The minimum Gasteiger partial charge on any atom is -0.611 e. The first kappa shape index (κ1) is 24.6. The van der Waals surface area contributed by atoms with Crippen molar-refractivity contribution < 1.29 is 27.3 Å². The molecule has 0 aliphatic carbocycles. The lowest BCUT2D eigenvalue weighted by molar-refractivity contribution is -0.137. The summed E-state index contributed by atoms with van der Waals surface area (Å²) in [7, 11) is 0. The zero-order valence-electron chi connectivity index (χ0n) is 17.8. The Labute approximate surface area is 201 Å². The van der Waals surface area contributed by atoms with E-state index in [1.54, 1.807) is 18.2 Å². The molecule has 0 bridgehead atoms. The van der Waals surface area contributed by atoms with Crippen molar-refractivity contribution in [2.75, 3.05) is 38.5 Å². The molecule has 4 rings (SSSR count). The number of nitrogens with zero attached hydrogens (tertiary/aromatic N) is 4. The summed E-state index contributed by atoms with van der Waals surface area (Å²) in [6, 6.07) is 8.39. The first-order valence-electron chi connectivity index (χ1n) is 10.4. The zero-order chi connectivity index (χ0) is 24.3. The fraction of sp³-hybridized carbons (Fsp3) is 0.381. The molecule has 0 saturated carbocycles. The quantitative estimate of drug-likeness (QED) is 0.503. The number of ether oxygens (including phenoxy) is 1. The summed E-state index contributed by atoms with van der Waals surface area (Å²) < 4.78 is 56.6. The van der Waals surface area contributed by atoms with Crippen molar-refractivity contribution in [2.45, 2.75) is 17.7 Å². The monoisotopic (exact) mass is 515 g/mol. The van der Waals surface area contributed by atoms with Crippen molar-refractivity contribution >= 4 is 39.9 Å². The van der Waals surface area contributed by atoms with Crippen LogP contribution in [0, 0.1) is 0 Å². The second kappa shape index (κ2) is 10.4. The van der Waals surface area contributed by atoms with Crippen LogP contribution in [-0.2, 0) is 28.7 Å². The largest absolute Gasteiger partial charge is 0.611 e. The summed E-state index contributed by atoms with van der Waals surface area (Å²) in [6.07, 6.45) is -5.13. The van der Waals surface area contributed by atoms with E-state index >= 15 is 0 Å². The molecule has 3 aromatic rings. The Balaban J connectivity index is 1.22. The SMILES string of the molecule is O=C(OCc1cc(Cl)cc(C(F)(F)F)c1)N1CCN(CC[S+]([O-])c2ccc3nn[nH]c3c2)CC1. The van der Waals surface area contributed by atoms with Gasteiger partial charge in [-0.15, -0.1) is 5.10 Å². The molecule has 1 aromatic heterocycles. The number of hydrogen-bond acceptors (Lipinski definition) is 6. The zero-order valence-corrected chi connectivity index (χ0v) is 19.4. The summed E-state index contributed by atoms with van der Waals surface area (Å²) >= 11 is 4.57. The van der Waals surface area contributed by atoms with E-state index in [9.17, 15) is 22.5 Å². The third-order valence-electron chi connectivity index (χ3n) is 5.43. The van der Waals surface area contributed by atoms with Crippen molar-refractivity contribution in [3.8, 4) is 0 Å². The number of hydrogen-bond donors (Lipinski definition) is 1. The predicted octanol–water partition coefficient (Wildman–Crippen LogP) is 3.69. The fourth-order valence-electron chi connectivity index (χ4n) is 3.58. The third-order valence-corrected chi connectivity index (χ3v) is 6.98. The lowest BCUT2D eigenvalue weighted by atomic mass is 10.1. The molecule has 2 heterocycles. The maximum atomic E-state index is 12.9. The topological polar surface area (TPSA) is 97.4 Å². The van der Waals surface area contributed by atoms with Gasteiger partial charge in [0, 0.05) is 43.8 Å². The Morgan fingerprint density at radius 1 is 1.18 bits per heavy atom. The van der Waals surface area contributed by atoms with Crippen LogP contribution in [0.25, 0.3) is 11.0 Å². The van der Waals surface area contributed by atoms with Crippen molar-refractivity contribution in [2.24, 2.45) is 0 Å². The Morgan fingerprint density at radius 2 is 1.94 bits per heavy atom. The standard InChI is InChI=1S/C21H21ClF3N5O3S/c22-16-10-14(9-15(11-16)21(23,24)25)13-33-20(31)30-5-3-29(4-6-30)7-8-34(32)17-1-2-18-19(12-17)27-28-26-18/h1-2,9-12H,3-8,13H2,(H,26,27,28). The Morgan fingerprint density at radius 3 is 2.68 bits per heavy atom. The van der Waals surface area contributed by atoms with Gasteiger partial charge in [-0.3, -0.25) is 10.00 Å². The highest BCUT2D eigenvalue weighted by Gasteiger charge is 2.31. The molecular formula is C21H21ClF3N5O3S. The maximum absolute atomic E-state index is 12.9. The van der Waals surface area contributed by atoms with Crippen LogP contribution in [0.15, 0.2) is 41.3 Å². The van der Waals surface area contributed by atoms with Gasteiger partial charge in [-0.1, -0.05) is 16.8 Å². The number of rotatable bonds is 6. The normalized spacial score (nSPS) is 16.1. The minimum absolute atomic E-state index is 0.0759. The second-order valence-electron chi connectivity index (χ2n) is 7.77. The van der Waals surface area contributed by atoms with Gasteiger partial charge in [-0.05, 0) is 47.1 Å². The number of amides is 1. The molecule has 34 heavy (non-hydrogen) atoms. The number of fused-ring (bicyclic) bond motifs is 1. The molecule has 8 nitrogen and oxygen atoms in total. The smallest absolute Gasteiger partial charge is 0.416 e. The minimum atomic E-state index is -4.54. The van der Waals surface area contributed by atoms with Crippen molar-refractivity contribution in [3.05, 3.63) is 52.5 Å². The van der Waals surface area contributed by atoms with E-state index in [2.05, 4.69) is 20.3 Å². The summed E-state index contributed by atoms with van der Waals surface area (Å²) in [5, 5.41) is 10.3. The summed E-state index contributed by atoms with van der Waals surface area (Å²) in [5.41, 5.74) is 0.710. The number of carbonyl (C=O) groups excluding carboxylic acids is 1. The molecule has 13 heteroatoms. The Bertz CT molecular complexity index is 1150. The van der Waals surface area contributed by atoms with Crippen LogP contribution >= 0.6 is 11.6 Å². The van der Waals surface area contributed by atoms with Crippen LogP contribution in [0.3, 0.4) is 0 Å². The molecule has 1 fully saturated rings. The molecule has 1 saturated heterocycles. The molecule has 1 N–H and O–H groups in total. The van der Waals surface area contributed by atoms with Crippen LogP contribution in [0.4, 0.5) is 18.0 Å². The first-order valence-corrected chi connectivity index (χ1v) is 12.1. The average molecular weight is 516 g/mol. The van der Waals surface area contributed by atoms with E-state index in [1.165, 1.54) is 11.0 Å². The highest BCUT2D eigenvalue weighted by molar-refractivity contribution is 7.91. The van der Waals surface area contributed by atoms with Gasteiger partial charge < -0.3 is 14.2 Å². The summed E-state index contributed by atoms with van der Waals surface area (Å²) in [5.74, 6) is 0.438. The number of aromatic nitrogens is 3. The van der Waals surface area contributed by atoms with Gasteiger partial charge in [0.05, 0.1) is 11.1 Å². The number of halogens is 4. The number of alkyl halides is 3. The second-order valence-corrected chi connectivity index (χ2v) is 9.78. The van der Waals surface area contributed by atoms with E-state index in [-0.39, 0.29) is 17.2 Å². The first-order chi connectivity index (χ1) is 16.2. The predicted molar refractivity (Wildman–Crippen MR) is 120 cm³/mol. The van der Waals surface area contributed by atoms with Gasteiger partial charge in [0.25, 0.3) is 0 Å². The van der Waals surface area contributed by atoms with Crippen molar-refractivity contribution in [1.82, 2.24) is 25.2 Å². The molecule has 1 aliphatic heterocycles. The van der Waals surface area contributed by atoms with Gasteiger partial charge in [0.2, 0.25) is 0 Å². The molecule has 0 spiro atoms. The van der Waals surface area contributed by atoms with Gasteiger partial charge >= 0.3 is 12.3 Å². The third kappa shape index (κ3) is 6.12. The van der Waals surface area contributed by atoms with Crippen molar-refractivity contribution in [1.29, 1.82) is 0 Å². The van der Waals surface area contributed by atoms with E-state index in [0.29, 0.717) is 48.9 Å². The summed E-state index contributed by atoms with van der Waals surface area (Å²) in [4.78, 5) is 16.6. The lowest BCUT2D eigenvalue weighted by Gasteiger charge is -2.33. The summed E-state index contributed by atoms with van der Waals surface area (Å²) in [6.45, 7) is 2.24. The van der Waals surface area contributed by atoms with Gasteiger partial charge in [0.1, 0.15) is 17.9 Å². The fourth-order valence-corrected chi connectivity index (χ4v) is 4.97. The van der Waals surface area contributed by atoms with Crippen LogP contribution < -0.4 is 0 Å². The van der Waals surface area contributed by atoms with Gasteiger partial charge in [0.15, 0.2) is 4.90 Å². The molecular weight excluding hydrogens is 495 g/mol. The van der Waals surface area contributed by atoms with Crippen LogP contribution in [0.1, 0.15) is 11.1 Å². The van der Waals surface area contributed by atoms with Gasteiger partial charge in [-0.25, -0.2) is 4.79 Å². The van der Waals surface area contributed by atoms with E-state index in [4.69, 9.17) is 16.3 Å². The molecule has 1 atom stereocenters. The van der Waals surface area contributed by atoms with E-state index in [1.807, 2.05) is 0 Å². The van der Waals surface area contributed by atoms with E-state index < -0.39 is 29.0 Å². The number of benzene rings is 2. The van der Waals surface area contributed by atoms with Crippen LogP contribution in [0.5, 0.6) is 0 Å². The number of aromatic amines is 1. The highest BCUT2D eigenvalue weighted by Crippen LogP contribution is 2.32. The number of carbonyl (C=O) groups is 1. The molecule has 182 valence electrons. The van der Waals surface area contributed by atoms with Crippen LogP contribution in [-0.4, -0.2) is 74.3 Å².